The molecule has 2 saturated heterocycles. The molecule has 122 valence electrons. The lowest BCUT2D eigenvalue weighted by Gasteiger charge is -2.32. The second-order valence-corrected chi connectivity index (χ2v) is 8.32. The molecule has 0 aromatic heterocycles. The van der Waals surface area contributed by atoms with Gasteiger partial charge in [-0.1, -0.05) is 0 Å². The monoisotopic (exact) mass is 317 g/mol. The largest absolute Gasteiger partial charge is 0.377 e. The zero-order chi connectivity index (χ0) is 14.9. The average molecular weight is 317 g/mol. The number of nitrogens with one attached hydrogen (secondary N) is 2. The van der Waals surface area contributed by atoms with E-state index in [1.54, 1.807) is 4.31 Å². The van der Waals surface area contributed by atoms with Crippen molar-refractivity contribution in [1.29, 1.82) is 0 Å². The highest BCUT2D eigenvalue weighted by Gasteiger charge is 2.33. The minimum absolute atomic E-state index is 0.0277. The maximum Gasteiger partial charge on any atom is 0.279 e. The van der Waals surface area contributed by atoms with E-state index in [1.807, 2.05) is 6.92 Å². The molecule has 3 fully saturated rings. The molecular weight excluding hydrogens is 290 g/mol. The van der Waals surface area contributed by atoms with Crippen LogP contribution in [0.1, 0.15) is 39.0 Å². The molecule has 0 spiro atoms. The van der Waals surface area contributed by atoms with Gasteiger partial charge in [-0.05, 0) is 51.5 Å². The molecule has 0 bridgehead atoms. The van der Waals surface area contributed by atoms with Crippen LogP contribution in [0.5, 0.6) is 0 Å². The summed E-state index contributed by atoms with van der Waals surface area (Å²) in [7, 11) is -3.36. The third kappa shape index (κ3) is 4.16. The van der Waals surface area contributed by atoms with Crippen molar-refractivity contribution < 1.29 is 13.2 Å². The van der Waals surface area contributed by atoms with Crippen LogP contribution in [0.3, 0.4) is 0 Å². The summed E-state index contributed by atoms with van der Waals surface area (Å²) in [4.78, 5) is 0. The Balaban J connectivity index is 1.45. The molecule has 1 aliphatic carbocycles. The van der Waals surface area contributed by atoms with Crippen molar-refractivity contribution in [1.82, 2.24) is 14.3 Å². The molecule has 7 heteroatoms. The Kier molecular flexibility index (Phi) is 4.85. The van der Waals surface area contributed by atoms with Crippen LogP contribution in [0, 0.1) is 5.92 Å². The summed E-state index contributed by atoms with van der Waals surface area (Å²) in [6.45, 7) is 4.88. The molecule has 0 aromatic carbocycles. The zero-order valence-electron chi connectivity index (χ0n) is 12.8. The maximum atomic E-state index is 12.4. The summed E-state index contributed by atoms with van der Waals surface area (Å²) in [6, 6.07) is 0.654. The van der Waals surface area contributed by atoms with Gasteiger partial charge in [0, 0.05) is 25.7 Å². The van der Waals surface area contributed by atoms with Crippen LogP contribution < -0.4 is 10.0 Å². The lowest BCUT2D eigenvalue weighted by atomic mass is 9.98. The van der Waals surface area contributed by atoms with Gasteiger partial charge in [-0.15, -0.1) is 0 Å². The summed E-state index contributed by atoms with van der Waals surface area (Å²) < 4.78 is 34.7. The third-order valence-electron chi connectivity index (χ3n) is 4.86. The lowest BCUT2D eigenvalue weighted by molar-refractivity contribution is 0.116. The van der Waals surface area contributed by atoms with Gasteiger partial charge in [0.05, 0.1) is 12.1 Å². The van der Waals surface area contributed by atoms with E-state index in [1.165, 1.54) is 12.8 Å². The SMILES string of the molecule is CC1OCCC1NS(=O)(=O)N1CCC(CNC2CC2)CC1. The normalized spacial score (nSPS) is 32.6. The molecule has 3 rings (SSSR count). The Bertz CT molecular complexity index is 444. The lowest BCUT2D eigenvalue weighted by Crippen LogP contribution is -2.50. The Hall–Kier alpha value is -0.210. The fraction of sp³-hybridized carbons (Fsp3) is 1.00. The highest BCUT2D eigenvalue weighted by Crippen LogP contribution is 2.23. The quantitative estimate of drug-likeness (QED) is 0.747. The van der Waals surface area contributed by atoms with Crippen molar-refractivity contribution in [2.24, 2.45) is 5.92 Å². The van der Waals surface area contributed by atoms with Crippen LogP contribution >= 0.6 is 0 Å². The first-order chi connectivity index (χ1) is 10.0. The van der Waals surface area contributed by atoms with E-state index in [9.17, 15) is 8.42 Å². The van der Waals surface area contributed by atoms with Crippen LogP contribution in [0.25, 0.3) is 0 Å². The van der Waals surface area contributed by atoms with Crippen molar-refractivity contribution in [3.8, 4) is 0 Å². The van der Waals surface area contributed by atoms with Gasteiger partial charge in [-0.25, -0.2) is 0 Å². The first-order valence-electron chi connectivity index (χ1n) is 8.17. The molecule has 0 amide bonds. The molecular formula is C14H27N3O3S. The summed E-state index contributed by atoms with van der Waals surface area (Å²) >= 11 is 0. The Morgan fingerprint density at radius 2 is 1.86 bits per heavy atom. The number of nitrogens with zero attached hydrogens (tertiary/aromatic N) is 1. The van der Waals surface area contributed by atoms with E-state index in [0.717, 1.165) is 31.8 Å². The molecule has 0 aromatic rings. The number of hydrogen-bond donors (Lipinski definition) is 2. The number of rotatable bonds is 6. The first-order valence-corrected chi connectivity index (χ1v) is 9.61. The van der Waals surface area contributed by atoms with Gasteiger partial charge in [0.25, 0.3) is 10.2 Å². The number of ether oxygens (including phenoxy) is 1. The van der Waals surface area contributed by atoms with E-state index in [-0.39, 0.29) is 12.1 Å². The van der Waals surface area contributed by atoms with Crippen molar-refractivity contribution in [3.63, 3.8) is 0 Å². The fourth-order valence-electron chi connectivity index (χ4n) is 3.13. The molecule has 2 N–H and O–H groups in total. The number of piperidine rings is 1. The minimum Gasteiger partial charge on any atom is -0.377 e. The Morgan fingerprint density at radius 1 is 1.14 bits per heavy atom. The maximum absolute atomic E-state index is 12.4. The summed E-state index contributed by atoms with van der Waals surface area (Å²) in [5, 5.41) is 3.54. The van der Waals surface area contributed by atoms with Gasteiger partial charge < -0.3 is 10.1 Å². The minimum atomic E-state index is -3.36. The molecule has 2 aliphatic heterocycles. The van der Waals surface area contributed by atoms with Crippen LogP contribution in [0.15, 0.2) is 0 Å². The summed E-state index contributed by atoms with van der Waals surface area (Å²) in [6.07, 6.45) is 5.26. The van der Waals surface area contributed by atoms with Crippen molar-refractivity contribution in [2.45, 2.75) is 57.2 Å². The van der Waals surface area contributed by atoms with Crippen molar-refractivity contribution >= 4 is 10.2 Å². The fourth-order valence-corrected chi connectivity index (χ4v) is 4.66. The average Bonchev–Trinajstić information content (AvgIpc) is 3.21. The van der Waals surface area contributed by atoms with Gasteiger partial charge in [0.1, 0.15) is 0 Å². The molecule has 2 atom stereocenters. The van der Waals surface area contributed by atoms with E-state index >= 15 is 0 Å². The second-order valence-electron chi connectivity index (χ2n) is 6.62. The predicted octanol–water partition coefficient (Wildman–Crippen LogP) is 0.462. The molecule has 3 aliphatic rings. The van der Waals surface area contributed by atoms with E-state index in [4.69, 9.17) is 4.74 Å². The highest BCUT2D eigenvalue weighted by molar-refractivity contribution is 7.87. The zero-order valence-corrected chi connectivity index (χ0v) is 13.6. The Labute approximate surface area is 127 Å². The van der Waals surface area contributed by atoms with Crippen LogP contribution in [0.4, 0.5) is 0 Å². The van der Waals surface area contributed by atoms with Crippen molar-refractivity contribution in [2.75, 3.05) is 26.2 Å². The van der Waals surface area contributed by atoms with Gasteiger partial charge in [-0.2, -0.15) is 17.4 Å². The topological polar surface area (TPSA) is 70.7 Å². The van der Waals surface area contributed by atoms with Crippen LogP contribution in [-0.4, -0.2) is 57.2 Å². The number of hydrogen-bond acceptors (Lipinski definition) is 4. The smallest absolute Gasteiger partial charge is 0.279 e. The third-order valence-corrected chi connectivity index (χ3v) is 6.51. The first kappa shape index (κ1) is 15.7. The van der Waals surface area contributed by atoms with Crippen molar-refractivity contribution in [3.05, 3.63) is 0 Å². The van der Waals surface area contributed by atoms with E-state index in [0.29, 0.717) is 25.6 Å². The molecule has 0 radical (unpaired) electrons. The van der Waals surface area contributed by atoms with E-state index < -0.39 is 10.2 Å². The van der Waals surface area contributed by atoms with Crippen LogP contribution in [0.2, 0.25) is 0 Å². The van der Waals surface area contributed by atoms with Gasteiger partial charge in [0.2, 0.25) is 0 Å². The van der Waals surface area contributed by atoms with Gasteiger partial charge in [-0.3, -0.25) is 0 Å². The van der Waals surface area contributed by atoms with E-state index in [2.05, 4.69) is 10.0 Å². The Morgan fingerprint density at radius 3 is 2.43 bits per heavy atom. The molecule has 2 unspecified atom stereocenters. The molecule has 2 heterocycles. The molecule has 1 saturated carbocycles. The van der Waals surface area contributed by atoms with Crippen LogP contribution in [-0.2, 0) is 14.9 Å². The highest BCUT2D eigenvalue weighted by atomic mass is 32.2. The standard InChI is InChI=1S/C14H27N3O3S/c1-11-14(6-9-20-11)16-21(18,19)17-7-4-12(5-8-17)10-15-13-2-3-13/h11-16H,2-10H2,1H3. The molecule has 6 nitrogen and oxygen atoms in total. The summed E-state index contributed by atoms with van der Waals surface area (Å²) in [5.41, 5.74) is 0. The summed E-state index contributed by atoms with van der Waals surface area (Å²) in [5.74, 6) is 0.616. The van der Waals surface area contributed by atoms with Gasteiger partial charge >= 0.3 is 0 Å². The predicted molar refractivity (Wildman–Crippen MR) is 81.2 cm³/mol. The molecule has 21 heavy (non-hydrogen) atoms. The second kappa shape index (κ2) is 6.50. The van der Waals surface area contributed by atoms with Gasteiger partial charge in [0.15, 0.2) is 0 Å².